The van der Waals surface area contributed by atoms with Gasteiger partial charge in [-0.2, -0.15) is 0 Å². The molecule has 0 heterocycles. The van der Waals surface area contributed by atoms with Gasteiger partial charge in [0.1, 0.15) is 0 Å². The lowest BCUT2D eigenvalue weighted by Gasteiger charge is -2.12. The SMILES string of the molecule is Cc1ccc(S(=O)(=O)N/C(=C\C(=O)[C@@H]2C[C@H]2C(=O)c2ccc(Br)cc2)c2ccccc2)cc1. The van der Waals surface area contributed by atoms with Crippen LogP contribution in [0.15, 0.2) is 94.3 Å². The van der Waals surface area contributed by atoms with Crippen molar-refractivity contribution in [3.05, 3.63) is 106 Å². The van der Waals surface area contributed by atoms with E-state index in [0.29, 0.717) is 17.5 Å². The molecule has 1 aliphatic rings. The fraction of sp³-hybridized carbons (Fsp3) is 0.154. The van der Waals surface area contributed by atoms with Gasteiger partial charge in [0.2, 0.25) is 0 Å². The molecule has 0 bridgehead atoms. The molecule has 1 saturated carbocycles. The van der Waals surface area contributed by atoms with Crippen LogP contribution in [0.4, 0.5) is 0 Å². The van der Waals surface area contributed by atoms with E-state index < -0.39 is 15.9 Å². The van der Waals surface area contributed by atoms with E-state index in [4.69, 9.17) is 0 Å². The molecular weight excluding hydrogens is 502 g/mol. The summed E-state index contributed by atoms with van der Waals surface area (Å²) in [6.45, 7) is 1.87. The Labute approximate surface area is 201 Å². The van der Waals surface area contributed by atoms with Crippen LogP contribution in [0.1, 0.15) is 27.9 Å². The summed E-state index contributed by atoms with van der Waals surface area (Å²) >= 11 is 3.35. The molecule has 0 aromatic heterocycles. The van der Waals surface area contributed by atoms with Gasteiger partial charge < -0.3 is 0 Å². The van der Waals surface area contributed by atoms with Gasteiger partial charge in [0, 0.05) is 27.9 Å². The number of allylic oxidation sites excluding steroid dienone is 1. The minimum absolute atomic E-state index is 0.0734. The fourth-order valence-electron chi connectivity index (χ4n) is 3.59. The Bertz CT molecular complexity index is 1310. The van der Waals surface area contributed by atoms with Crippen LogP contribution in [0, 0.1) is 18.8 Å². The first-order valence-corrected chi connectivity index (χ1v) is 12.7. The molecule has 168 valence electrons. The van der Waals surface area contributed by atoms with Crippen molar-refractivity contribution in [1.82, 2.24) is 4.72 Å². The summed E-state index contributed by atoms with van der Waals surface area (Å²) in [6.07, 6.45) is 1.76. The molecule has 3 aromatic carbocycles. The molecule has 0 spiro atoms. The number of halogens is 1. The molecule has 5 nitrogen and oxygen atoms in total. The normalized spacial score (nSPS) is 17.9. The maximum absolute atomic E-state index is 13.0. The van der Waals surface area contributed by atoms with Crippen LogP contribution in [-0.4, -0.2) is 20.0 Å². The van der Waals surface area contributed by atoms with E-state index >= 15 is 0 Å². The number of hydrogen-bond donors (Lipinski definition) is 1. The van der Waals surface area contributed by atoms with E-state index in [1.807, 2.05) is 13.0 Å². The highest BCUT2D eigenvalue weighted by Gasteiger charge is 2.47. The van der Waals surface area contributed by atoms with Gasteiger partial charge in [0.25, 0.3) is 10.0 Å². The molecule has 7 heteroatoms. The van der Waals surface area contributed by atoms with Crippen molar-refractivity contribution in [2.45, 2.75) is 18.2 Å². The van der Waals surface area contributed by atoms with Gasteiger partial charge >= 0.3 is 0 Å². The number of hydrogen-bond acceptors (Lipinski definition) is 4. The van der Waals surface area contributed by atoms with Crippen molar-refractivity contribution in [3.63, 3.8) is 0 Å². The summed E-state index contributed by atoms with van der Waals surface area (Å²) in [5.41, 5.74) is 2.25. The monoisotopic (exact) mass is 523 g/mol. The van der Waals surface area contributed by atoms with Crippen LogP contribution in [0.5, 0.6) is 0 Å². The summed E-state index contributed by atoms with van der Waals surface area (Å²) in [4.78, 5) is 25.8. The summed E-state index contributed by atoms with van der Waals surface area (Å²) in [6, 6.07) is 22.3. The van der Waals surface area contributed by atoms with Gasteiger partial charge in [0.15, 0.2) is 11.6 Å². The van der Waals surface area contributed by atoms with E-state index in [-0.39, 0.29) is 28.1 Å². The molecule has 1 aliphatic carbocycles. The highest BCUT2D eigenvalue weighted by Crippen LogP contribution is 2.42. The number of carbonyl (C=O) groups excluding carboxylic acids is 2. The van der Waals surface area contributed by atoms with Crippen LogP contribution in [0.3, 0.4) is 0 Å². The molecule has 4 rings (SSSR count). The predicted octanol–water partition coefficient (Wildman–Crippen LogP) is 5.17. The lowest BCUT2D eigenvalue weighted by atomic mass is 10.0. The summed E-state index contributed by atoms with van der Waals surface area (Å²) in [5.74, 6) is -1.18. The molecule has 0 radical (unpaired) electrons. The number of carbonyl (C=O) groups is 2. The average Bonchev–Trinajstić information content (AvgIpc) is 3.61. The minimum atomic E-state index is -3.89. The number of ketones is 2. The summed E-state index contributed by atoms with van der Waals surface area (Å²) < 4.78 is 29.4. The first-order chi connectivity index (χ1) is 15.7. The molecule has 3 aromatic rings. The van der Waals surface area contributed by atoms with E-state index in [9.17, 15) is 18.0 Å². The summed E-state index contributed by atoms with van der Waals surface area (Å²) in [7, 11) is -3.89. The lowest BCUT2D eigenvalue weighted by molar-refractivity contribution is -0.115. The molecule has 0 amide bonds. The number of rotatable bonds is 8. The van der Waals surface area contributed by atoms with Gasteiger partial charge in [-0.3, -0.25) is 14.3 Å². The van der Waals surface area contributed by atoms with Crippen molar-refractivity contribution in [2.75, 3.05) is 0 Å². The number of Topliss-reactive ketones (excluding diaryl/α,β-unsaturated/α-hetero) is 1. The Balaban J connectivity index is 1.57. The number of nitrogens with one attached hydrogen (secondary N) is 1. The van der Waals surface area contributed by atoms with E-state index in [1.54, 1.807) is 60.7 Å². The quantitative estimate of drug-likeness (QED) is 0.326. The molecule has 2 atom stereocenters. The van der Waals surface area contributed by atoms with Gasteiger partial charge in [-0.1, -0.05) is 76.1 Å². The van der Waals surface area contributed by atoms with Gasteiger partial charge in [-0.05, 0) is 43.2 Å². The maximum Gasteiger partial charge on any atom is 0.261 e. The zero-order valence-electron chi connectivity index (χ0n) is 17.9. The van der Waals surface area contributed by atoms with Crippen molar-refractivity contribution in [2.24, 2.45) is 11.8 Å². The maximum atomic E-state index is 13.0. The third kappa shape index (κ3) is 5.49. The van der Waals surface area contributed by atoms with Crippen molar-refractivity contribution in [3.8, 4) is 0 Å². The van der Waals surface area contributed by atoms with E-state index in [1.165, 1.54) is 18.2 Å². The second-order valence-corrected chi connectivity index (χ2v) is 10.7. The zero-order chi connectivity index (χ0) is 23.6. The topological polar surface area (TPSA) is 80.3 Å². The van der Waals surface area contributed by atoms with Crippen molar-refractivity contribution in [1.29, 1.82) is 0 Å². The molecule has 0 aliphatic heterocycles. The first-order valence-electron chi connectivity index (χ1n) is 10.4. The van der Waals surface area contributed by atoms with Gasteiger partial charge in [-0.15, -0.1) is 0 Å². The highest BCUT2D eigenvalue weighted by molar-refractivity contribution is 9.10. The van der Waals surface area contributed by atoms with Crippen LogP contribution in [0.25, 0.3) is 5.70 Å². The Morgan fingerprint density at radius 2 is 1.52 bits per heavy atom. The zero-order valence-corrected chi connectivity index (χ0v) is 20.3. The Hall–Kier alpha value is -3.03. The largest absolute Gasteiger partial charge is 0.294 e. The molecule has 1 fully saturated rings. The van der Waals surface area contributed by atoms with Gasteiger partial charge in [0.05, 0.1) is 10.6 Å². The average molecular weight is 524 g/mol. The molecule has 33 heavy (non-hydrogen) atoms. The van der Waals surface area contributed by atoms with Crippen molar-refractivity contribution >= 4 is 43.2 Å². The van der Waals surface area contributed by atoms with Crippen molar-refractivity contribution < 1.29 is 18.0 Å². The number of sulfonamides is 1. The number of aryl methyl sites for hydroxylation is 1. The van der Waals surface area contributed by atoms with Crippen LogP contribution >= 0.6 is 15.9 Å². The standard InChI is InChI=1S/C26H22BrNO4S/c1-17-7-13-21(14-8-17)33(31,32)28-24(18-5-3-2-4-6-18)16-25(29)22-15-23(22)26(30)19-9-11-20(27)12-10-19/h2-14,16,22-23,28H,15H2,1H3/b24-16-/t22-,23-/m1/s1. The fourth-order valence-corrected chi connectivity index (χ4v) is 4.93. The van der Waals surface area contributed by atoms with Gasteiger partial charge in [-0.25, -0.2) is 8.42 Å². The predicted molar refractivity (Wildman–Crippen MR) is 131 cm³/mol. The van der Waals surface area contributed by atoms with E-state index in [0.717, 1.165) is 10.0 Å². The molecular formula is C26H22BrNO4S. The second kappa shape index (κ2) is 9.45. The third-order valence-electron chi connectivity index (χ3n) is 5.57. The van der Waals surface area contributed by atoms with Crippen LogP contribution in [0.2, 0.25) is 0 Å². The van der Waals surface area contributed by atoms with E-state index in [2.05, 4.69) is 20.7 Å². The molecule has 0 unspecified atom stereocenters. The first kappa shape index (κ1) is 23.1. The van der Waals surface area contributed by atoms with Crippen LogP contribution < -0.4 is 4.72 Å². The minimum Gasteiger partial charge on any atom is -0.294 e. The Morgan fingerprint density at radius 1 is 0.879 bits per heavy atom. The lowest BCUT2D eigenvalue weighted by Crippen LogP contribution is -2.23. The third-order valence-corrected chi connectivity index (χ3v) is 7.48. The number of benzene rings is 3. The highest BCUT2D eigenvalue weighted by atomic mass is 79.9. The second-order valence-electron chi connectivity index (χ2n) is 8.06. The van der Waals surface area contributed by atoms with Crippen LogP contribution in [-0.2, 0) is 14.8 Å². The smallest absolute Gasteiger partial charge is 0.261 e. The Morgan fingerprint density at radius 3 is 2.15 bits per heavy atom. The summed E-state index contributed by atoms with van der Waals surface area (Å²) in [5, 5.41) is 0. The molecule has 0 saturated heterocycles. The molecule has 1 N–H and O–H groups in total. The Kier molecular flexibility index (Phi) is 6.63.